The number of sulfonamides is 1. The highest BCUT2D eigenvalue weighted by Crippen LogP contribution is 1.89. The maximum atomic E-state index is 11.1. The van der Waals surface area contributed by atoms with Gasteiger partial charge in [0.15, 0.2) is 0 Å². The Morgan fingerprint density at radius 3 is 2.54 bits per heavy atom. The number of rotatable bonds is 7. The van der Waals surface area contributed by atoms with Crippen LogP contribution in [0.5, 0.6) is 0 Å². The maximum absolute atomic E-state index is 11.1. The molecule has 0 aliphatic carbocycles. The van der Waals surface area contributed by atoms with E-state index in [0.29, 0.717) is 13.0 Å². The van der Waals surface area contributed by atoms with E-state index in [-0.39, 0.29) is 18.1 Å². The van der Waals surface area contributed by atoms with E-state index < -0.39 is 10.0 Å². The first-order valence-electron chi connectivity index (χ1n) is 3.93. The molecule has 0 bridgehead atoms. The van der Waals surface area contributed by atoms with Gasteiger partial charge in [-0.25, -0.2) is 13.1 Å². The van der Waals surface area contributed by atoms with Crippen LogP contribution in [-0.2, 0) is 19.6 Å². The average molecular weight is 209 g/mol. The number of nitrogens with one attached hydrogen (secondary N) is 1. The highest BCUT2D eigenvalue weighted by Gasteiger charge is 2.09. The van der Waals surface area contributed by atoms with Crippen LogP contribution in [-0.4, -0.2) is 40.2 Å². The van der Waals surface area contributed by atoms with Crippen LogP contribution in [0.2, 0.25) is 0 Å². The molecule has 0 saturated heterocycles. The van der Waals surface area contributed by atoms with Crippen molar-refractivity contribution in [2.24, 2.45) is 0 Å². The highest BCUT2D eigenvalue weighted by atomic mass is 32.2. The van der Waals surface area contributed by atoms with E-state index in [1.165, 1.54) is 14.0 Å². The van der Waals surface area contributed by atoms with Gasteiger partial charge in [-0.05, 0) is 13.3 Å². The van der Waals surface area contributed by atoms with Gasteiger partial charge in [0.25, 0.3) is 0 Å². The molecule has 0 spiro atoms. The van der Waals surface area contributed by atoms with Crippen LogP contribution in [0.25, 0.3) is 0 Å². The van der Waals surface area contributed by atoms with Gasteiger partial charge in [-0.1, -0.05) is 0 Å². The second kappa shape index (κ2) is 6.06. The summed E-state index contributed by atoms with van der Waals surface area (Å²) >= 11 is 0. The minimum absolute atomic E-state index is 0.00583. The Morgan fingerprint density at radius 1 is 1.46 bits per heavy atom. The van der Waals surface area contributed by atoms with Gasteiger partial charge in [-0.3, -0.25) is 4.79 Å². The number of carbonyl (C=O) groups excluding carboxylic acids is 1. The zero-order valence-electron chi connectivity index (χ0n) is 7.87. The minimum Gasteiger partial charge on any atom is -0.385 e. The lowest BCUT2D eigenvalue weighted by molar-refractivity contribution is -0.115. The Morgan fingerprint density at radius 2 is 2.08 bits per heavy atom. The fraction of sp³-hybridized carbons (Fsp3) is 0.857. The number of hydrogen-bond donors (Lipinski definition) is 1. The molecule has 1 N–H and O–H groups in total. The summed E-state index contributed by atoms with van der Waals surface area (Å²) < 4.78 is 29.1. The zero-order valence-corrected chi connectivity index (χ0v) is 8.69. The van der Waals surface area contributed by atoms with Crippen molar-refractivity contribution in [1.82, 2.24) is 4.72 Å². The molecule has 0 rings (SSSR count). The largest absolute Gasteiger partial charge is 0.385 e. The Labute approximate surface area is 78.5 Å². The summed E-state index contributed by atoms with van der Waals surface area (Å²) in [6.07, 6.45) is 0.434. The third-order valence-corrected chi connectivity index (χ3v) is 2.71. The van der Waals surface area contributed by atoms with Crippen LogP contribution in [0, 0.1) is 0 Å². The molecule has 0 atom stereocenters. The van der Waals surface area contributed by atoms with E-state index in [1.54, 1.807) is 0 Å². The summed E-state index contributed by atoms with van der Waals surface area (Å²) in [6, 6.07) is 0. The van der Waals surface area contributed by atoms with Crippen LogP contribution < -0.4 is 4.72 Å². The Bertz CT molecular complexity index is 247. The number of ether oxygens (including phenoxy) is 1. The summed E-state index contributed by atoms with van der Waals surface area (Å²) in [6.45, 7) is 1.61. The molecule has 0 aromatic heterocycles. The summed E-state index contributed by atoms with van der Waals surface area (Å²) in [5.41, 5.74) is 0. The van der Waals surface area contributed by atoms with E-state index in [0.717, 1.165) is 0 Å². The van der Waals surface area contributed by atoms with Crippen molar-refractivity contribution >= 4 is 15.8 Å². The summed E-state index contributed by atoms with van der Waals surface area (Å²) in [7, 11) is -1.79. The van der Waals surface area contributed by atoms with Crippen molar-refractivity contribution in [3.63, 3.8) is 0 Å². The molecule has 6 heteroatoms. The molecule has 0 heterocycles. The molecule has 0 aromatic carbocycles. The fourth-order valence-corrected chi connectivity index (χ4v) is 1.74. The second-order valence-corrected chi connectivity index (χ2v) is 4.61. The number of hydrogen-bond acceptors (Lipinski definition) is 4. The smallest absolute Gasteiger partial charge is 0.212 e. The Balaban J connectivity index is 3.74. The van der Waals surface area contributed by atoms with Crippen molar-refractivity contribution in [3.05, 3.63) is 0 Å². The molecule has 0 aliphatic rings. The van der Waals surface area contributed by atoms with Crippen molar-refractivity contribution in [2.75, 3.05) is 26.0 Å². The molecule has 0 fully saturated rings. The van der Waals surface area contributed by atoms with E-state index in [1.807, 2.05) is 0 Å². The standard InChI is InChI=1S/C7H15NO4S/c1-7(9)6-8-13(10,11)5-3-4-12-2/h8H,3-6H2,1-2H3. The lowest BCUT2D eigenvalue weighted by atomic mass is 10.5. The lowest BCUT2D eigenvalue weighted by Gasteiger charge is -2.03. The SMILES string of the molecule is COCCCS(=O)(=O)NCC(C)=O. The van der Waals surface area contributed by atoms with E-state index in [2.05, 4.69) is 4.72 Å². The van der Waals surface area contributed by atoms with E-state index >= 15 is 0 Å². The number of carbonyl (C=O) groups is 1. The van der Waals surface area contributed by atoms with Gasteiger partial charge in [0.1, 0.15) is 5.78 Å². The summed E-state index contributed by atoms with van der Waals surface area (Å²) in [4.78, 5) is 10.5. The lowest BCUT2D eigenvalue weighted by Crippen LogP contribution is -2.30. The fourth-order valence-electron chi connectivity index (χ4n) is 0.677. The van der Waals surface area contributed by atoms with E-state index in [4.69, 9.17) is 4.74 Å². The molecule has 0 aromatic rings. The van der Waals surface area contributed by atoms with Crippen LogP contribution >= 0.6 is 0 Å². The normalized spacial score (nSPS) is 11.5. The molecular weight excluding hydrogens is 194 g/mol. The molecule has 0 amide bonds. The zero-order chi connectivity index (χ0) is 10.3. The molecular formula is C7H15NO4S. The van der Waals surface area contributed by atoms with Crippen LogP contribution in [0.3, 0.4) is 0 Å². The second-order valence-electron chi connectivity index (χ2n) is 2.69. The third-order valence-electron chi connectivity index (χ3n) is 1.30. The molecule has 0 radical (unpaired) electrons. The van der Waals surface area contributed by atoms with Crippen molar-refractivity contribution < 1.29 is 17.9 Å². The summed E-state index contributed by atoms with van der Waals surface area (Å²) in [5.74, 6) is -0.205. The van der Waals surface area contributed by atoms with Crippen LogP contribution in [0.15, 0.2) is 0 Å². The van der Waals surface area contributed by atoms with Gasteiger partial charge in [-0.2, -0.15) is 0 Å². The molecule has 0 saturated carbocycles. The van der Waals surface area contributed by atoms with Crippen LogP contribution in [0.4, 0.5) is 0 Å². The first-order chi connectivity index (χ1) is 5.98. The van der Waals surface area contributed by atoms with Crippen molar-refractivity contribution in [2.45, 2.75) is 13.3 Å². The van der Waals surface area contributed by atoms with E-state index in [9.17, 15) is 13.2 Å². The number of ketones is 1. The Hall–Kier alpha value is -0.460. The number of methoxy groups -OCH3 is 1. The predicted octanol–water partition coefficient (Wildman–Crippen LogP) is -0.469. The van der Waals surface area contributed by atoms with Gasteiger partial charge >= 0.3 is 0 Å². The van der Waals surface area contributed by atoms with Crippen LogP contribution in [0.1, 0.15) is 13.3 Å². The molecule has 0 unspecified atom stereocenters. The number of Topliss-reactive ketones (excluding diaryl/α,β-unsaturated/α-hetero) is 1. The monoisotopic (exact) mass is 209 g/mol. The van der Waals surface area contributed by atoms with Gasteiger partial charge in [0.05, 0.1) is 12.3 Å². The van der Waals surface area contributed by atoms with Gasteiger partial charge < -0.3 is 4.74 Å². The van der Waals surface area contributed by atoms with Gasteiger partial charge in [0, 0.05) is 13.7 Å². The molecule has 0 aliphatic heterocycles. The molecule has 78 valence electrons. The predicted molar refractivity (Wildman–Crippen MR) is 49.0 cm³/mol. The van der Waals surface area contributed by atoms with Gasteiger partial charge in [-0.15, -0.1) is 0 Å². The molecule has 5 nitrogen and oxygen atoms in total. The topological polar surface area (TPSA) is 72.5 Å². The maximum Gasteiger partial charge on any atom is 0.212 e. The summed E-state index contributed by atoms with van der Waals surface area (Å²) in [5, 5.41) is 0. The first-order valence-corrected chi connectivity index (χ1v) is 5.59. The van der Waals surface area contributed by atoms with Crippen molar-refractivity contribution in [1.29, 1.82) is 0 Å². The minimum atomic E-state index is -3.30. The first kappa shape index (κ1) is 12.5. The molecule has 13 heavy (non-hydrogen) atoms. The van der Waals surface area contributed by atoms with Gasteiger partial charge in [0.2, 0.25) is 10.0 Å². The quantitative estimate of drug-likeness (QED) is 0.575. The highest BCUT2D eigenvalue weighted by molar-refractivity contribution is 7.89. The van der Waals surface area contributed by atoms with Crippen molar-refractivity contribution in [3.8, 4) is 0 Å². The third kappa shape index (κ3) is 7.89. The Kier molecular flexibility index (Phi) is 5.85. The average Bonchev–Trinajstić information content (AvgIpc) is 2.02.